The molecule has 0 aliphatic rings. The molecule has 2 N–H and O–H groups in total. The Labute approximate surface area is 118 Å². The highest BCUT2D eigenvalue weighted by Gasteiger charge is 2.07. The van der Waals surface area contributed by atoms with Crippen LogP contribution in [-0.2, 0) is 0 Å². The molecule has 0 amide bonds. The number of hydrogen-bond donors (Lipinski definition) is 2. The maximum absolute atomic E-state index is 11.0. The first-order valence-electron chi connectivity index (χ1n) is 6.36. The van der Waals surface area contributed by atoms with Gasteiger partial charge in [0.2, 0.25) is 0 Å². The molecule has 0 heterocycles. The van der Waals surface area contributed by atoms with Crippen molar-refractivity contribution in [3.63, 3.8) is 0 Å². The van der Waals surface area contributed by atoms with Crippen LogP contribution >= 0.6 is 0 Å². The average molecular weight is 270 g/mol. The number of rotatable bonds is 4. The molecule has 0 aromatic heterocycles. The van der Waals surface area contributed by atoms with Crippen molar-refractivity contribution in [3.05, 3.63) is 53.6 Å². The van der Waals surface area contributed by atoms with Crippen molar-refractivity contribution < 1.29 is 9.90 Å². The first kappa shape index (κ1) is 13.9. The van der Waals surface area contributed by atoms with Crippen molar-refractivity contribution in [2.24, 2.45) is 0 Å². The van der Waals surface area contributed by atoms with Gasteiger partial charge in [-0.25, -0.2) is 4.79 Å². The van der Waals surface area contributed by atoms with E-state index in [1.807, 2.05) is 49.3 Å². The Balaban J connectivity index is 2.17. The van der Waals surface area contributed by atoms with Crippen molar-refractivity contribution in [2.45, 2.75) is 6.92 Å². The molecule has 0 spiro atoms. The van der Waals surface area contributed by atoms with Crippen LogP contribution in [0.25, 0.3) is 0 Å². The average Bonchev–Trinajstić information content (AvgIpc) is 2.39. The Morgan fingerprint density at radius 3 is 2.15 bits per heavy atom. The summed E-state index contributed by atoms with van der Waals surface area (Å²) in [4.78, 5) is 13.0. The van der Waals surface area contributed by atoms with E-state index in [4.69, 9.17) is 5.11 Å². The first-order chi connectivity index (χ1) is 9.47. The van der Waals surface area contributed by atoms with Crippen molar-refractivity contribution in [1.29, 1.82) is 0 Å². The minimum atomic E-state index is -0.899. The molecule has 0 radical (unpaired) electrons. The number of carbonyl (C=O) groups is 1. The van der Waals surface area contributed by atoms with Gasteiger partial charge in [-0.15, -0.1) is 0 Å². The molecule has 20 heavy (non-hydrogen) atoms. The van der Waals surface area contributed by atoms with Crippen LogP contribution < -0.4 is 10.2 Å². The fourth-order valence-corrected chi connectivity index (χ4v) is 1.99. The van der Waals surface area contributed by atoms with Gasteiger partial charge in [0.15, 0.2) is 0 Å². The molecule has 0 bridgehead atoms. The highest BCUT2D eigenvalue weighted by atomic mass is 16.4. The molecule has 0 atom stereocenters. The highest BCUT2D eigenvalue weighted by Crippen LogP contribution is 2.22. The molecule has 0 unspecified atom stereocenters. The summed E-state index contributed by atoms with van der Waals surface area (Å²) >= 11 is 0. The number of benzene rings is 2. The lowest BCUT2D eigenvalue weighted by Crippen LogP contribution is -2.08. The van der Waals surface area contributed by atoms with E-state index >= 15 is 0 Å². The zero-order valence-electron chi connectivity index (χ0n) is 11.8. The topological polar surface area (TPSA) is 52.6 Å². The third-order valence-corrected chi connectivity index (χ3v) is 3.13. The molecule has 2 rings (SSSR count). The van der Waals surface area contributed by atoms with E-state index in [1.165, 1.54) is 0 Å². The van der Waals surface area contributed by atoms with Crippen molar-refractivity contribution in [3.8, 4) is 0 Å². The minimum Gasteiger partial charge on any atom is -0.478 e. The number of anilines is 3. The number of aryl methyl sites for hydroxylation is 1. The van der Waals surface area contributed by atoms with Gasteiger partial charge in [-0.3, -0.25) is 0 Å². The van der Waals surface area contributed by atoms with Crippen molar-refractivity contribution in [2.75, 3.05) is 24.3 Å². The van der Waals surface area contributed by atoms with Gasteiger partial charge in [0.25, 0.3) is 0 Å². The zero-order valence-corrected chi connectivity index (χ0v) is 11.8. The zero-order chi connectivity index (χ0) is 14.7. The second-order valence-corrected chi connectivity index (χ2v) is 4.90. The van der Waals surface area contributed by atoms with Gasteiger partial charge in [0.1, 0.15) is 0 Å². The first-order valence-corrected chi connectivity index (χ1v) is 6.36. The van der Waals surface area contributed by atoms with Gasteiger partial charge in [0.05, 0.1) is 5.56 Å². The Bertz CT molecular complexity index is 619. The normalized spacial score (nSPS) is 10.2. The van der Waals surface area contributed by atoms with Gasteiger partial charge in [-0.2, -0.15) is 0 Å². The van der Waals surface area contributed by atoms with Crippen LogP contribution in [0.5, 0.6) is 0 Å². The summed E-state index contributed by atoms with van der Waals surface area (Å²) in [6.45, 7) is 1.80. The van der Waals surface area contributed by atoms with Crippen LogP contribution in [0.4, 0.5) is 17.1 Å². The van der Waals surface area contributed by atoms with E-state index < -0.39 is 5.97 Å². The van der Waals surface area contributed by atoms with E-state index in [-0.39, 0.29) is 0 Å². The number of nitrogens with zero attached hydrogens (tertiary/aromatic N) is 1. The molecular weight excluding hydrogens is 252 g/mol. The third kappa shape index (κ3) is 3.09. The van der Waals surface area contributed by atoms with E-state index in [9.17, 15) is 4.79 Å². The second-order valence-electron chi connectivity index (χ2n) is 4.90. The lowest BCUT2D eigenvalue weighted by atomic mass is 10.1. The molecule has 0 aliphatic heterocycles. The third-order valence-electron chi connectivity index (χ3n) is 3.13. The van der Waals surface area contributed by atoms with E-state index in [0.29, 0.717) is 5.56 Å². The number of hydrogen-bond acceptors (Lipinski definition) is 3. The molecule has 0 saturated heterocycles. The van der Waals surface area contributed by atoms with Gasteiger partial charge >= 0.3 is 5.97 Å². The fourth-order valence-electron chi connectivity index (χ4n) is 1.99. The summed E-state index contributed by atoms with van der Waals surface area (Å²) in [7, 11) is 3.99. The number of carboxylic acid groups (broad SMARTS) is 1. The van der Waals surface area contributed by atoms with Crippen LogP contribution in [0.2, 0.25) is 0 Å². The SMILES string of the molecule is Cc1cc(Nc2ccc(N(C)C)cc2)ccc1C(=O)O. The summed E-state index contributed by atoms with van der Waals surface area (Å²) in [6.07, 6.45) is 0. The monoisotopic (exact) mass is 270 g/mol. The molecule has 0 aliphatic carbocycles. The van der Waals surface area contributed by atoms with Gasteiger partial charge < -0.3 is 15.3 Å². The van der Waals surface area contributed by atoms with Crippen LogP contribution in [-0.4, -0.2) is 25.2 Å². The van der Waals surface area contributed by atoms with E-state index in [1.54, 1.807) is 19.1 Å². The Morgan fingerprint density at radius 2 is 1.65 bits per heavy atom. The number of carboxylic acids is 1. The quantitative estimate of drug-likeness (QED) is 0.892. The molecule has 2 aromatic carbocycles. The molecule has 0 fully saturated rings. The fraction of sp³-hybridized carbons (Fsp3) is 0.188. The van der Waals surface area contributed by atoms with Crippen LogP contribution in [0.1, 0.15) is 15.9 Å². The van der Waals surface area contributed by atoms with Gasteiger partial charge in [-0.1, -0.05) is 0 Å². The van der Waals surface area contributed by atoms with Crippen LogP contribution in [0.3, 0.4) is 0 Å². The van der Waals surface area contributed by atoms with Crippen molar-refractivity contribution >= 4 is 23.0 Å². The van der Waals surface area contributed by atoms with Crippen LogP contribution in [0.15, 0.2) is 42.5 Å². The predicted octanol–water partition coefficient (Wildman–Crippen LogP) is 3.50. The molecule has 0 saturated carbocycles. The lowest BCUT2D eigenvalue weighted by Gasteiger charge is -2.14. The highest BCUT2D eigenvalue weighted by molar-refractivity contribution is 5.90. The standard InChI is InChI=1S/C16H18N2O2/c1-11-10-13(6-9-15(11)16(19)20)17-12-4-7-14(8-5-12)18(2)3/h4-10,17H,1-3H3,(H,19,20). The second kappa shape index (κ2) is 5.65. The van der Waals surface area contributed by atoms with E-state index in [2.05, 4.69) is 5.32 Å². The molecule has 4 heteroatoms. The van der Waals surface area contributed by atoms with Crippen molar-refractivity contribution in [1.82, 2.24) is 0 Å². The maximum atomic E-state index is 11.0. The summed E-state index contributed by atoms with van der Waals surface area (Å²) in [5.74, 6) is -0.899. The Kier molecular flexibility index (Phi) is 3.94. The summed E-state index contributed by atoms with van der Waals surface area (Å²) in [6, 6.07) is 13.3. The number of nitrogens with one attached hydrogen (secondary N) is 1. The smallest absolute Gasteiger partial charge is 0.335 e. The lowest BCUT2D eigenvalue weighted by molar-refractivity contribution is 0.0696. The molecule has 104 valence electrons. The summed E-state index contributed by atoms with van der Waals surface area (Å²) in [5.41, 5.74) is 4.06. The minimum absolute atomic E-state index is 0.332. The molecule has 2 aromatic rings. The largest absolute Gasteiger partial charge is 0.478 e. The molecular formula is C16H18N2O2. The Hall–Kier alpha value is -2.49. The number of aromatic carboxylic acids is 1. The molecule has 4 nitrogen and oxygen atoms in total. The maximum Gasteiger partial charge on any atom is 0.335 e. The predicted molar refractivity (Wildman–Crippen MR) is 82.2 cm³/mol. The van der Waals surface area contributed by atoms with Gasteiger partial charge in [0, 0.05) is 31.2 Å². The van der Waals surface area contributed by atoms with E-state index in [0.717, 1.165) is 22.6 Å². The Morgan fingerprint density at radius 1 is 1.05 bits per heavy atom. The van der Waals surface area contributed by atoms with Gasteiger partial charge in [-0.05, 0) is 55.0 Å². The van der Waals surface area contributed by atoms with Crippen LogP contribution in [0, 0.1) is 6.92 Å². The summed E-state index contributed by atoms with van der Waals surface area (Å²) in [5, 5.41) is 12.3. The summed E-state index contributed by atoms with van der Waals surface area (Å²) < 4.78 is 0.